The van der Waals surface area contributed by atoms with Gasteiger partial charge in [-0.25, -0.2) is 4.98 Å². The predicted octanol–water partition coefficient (Wildman–Crippen LogP) is 4.91. The Morgan fingerprint density at radius 3 is 2.54 bits per heavy atom. The highest BCUT2D eigenvalue weighted by Gasteiger charge is 2.33. The van der Waals surface area contributed by atoms with Gasteiger partial charge in [0.15, 0.2) is 0 Å². The first-order chi connectivity index (χ1) is 12.3. The highest BCUT2D eigenvalue weighted by Crippen LogP contribution is 2.32. The molecule has 3 nitrogen and oxygen atoms in total. The summed E-state index contributed by atoms with van der Waals surface area (Å²) >= 11 is 1.53. The van der Waals surface area contributed by atoms with Crippen molar-refractivity contribution in [2.45, 2.75) is 25.6 Å². The quantitative estimate of drug-likeness (QED) is 0.632. The second kappa shape index (κ2) is 7.45. The number of amides is 1. The van der Waals surface area contributed by atoms with Crippen LogP contribution in [0.4, 0.5) is 13.2 Å². The smallest absolute Gasteiger partial charge is 0.341 e. The number of carbonyl (C=O) groups is 1. The van der Waals surface area contributed by atoms with E-state index in [1.165, 1.54) is 35.4 Å². The molecular weight excluding hydrogens is 361 g/mol. The van der Waals surface area contributed by atoms with Gasteiger partial charge in [-0.2, -0.15) is 13.2 Å². The molecule has 0 saturated carbocycles. The Morgan fingerprint density at radius 1 is 1.12 bits per heavy atom. The molecule has 3 aromatic rings. The first-order valence-electron chi connectivity index (χ1n) is 8.08. The first kappa shape index (κ1) is 18.4. The van der Waals surface area contributed by atoms with E-state index in [4.69, 9.17) is 0 Å². The number of benzene rings is 2. The molecule has 1 heterocycles. The normalized spacial score (nSPS) is 11.7. The summed E-state index contributed by atoms with van der Waals surface area (Å²) in [7, 11) is 1.52. The monoisotopic (exact) mass is 378 g/mol. The van der Waals surface area contributed by atoms with Gasteiger partial charge in [0.05, 0.1) is 20.8 Å². The second-order valence-corrected chi connectivity index (χ2v) is 7.10. The lowest BCUT2D eigenvalue weighted by molar-refractivity contribution is -0.139. The Balaban J connectivity index is 1.63. The topological polar surface area (TPSA) is 33.2 Å². The summed E-state index contributed by atoms with van der Waals surface area (Å²) in [4.78, 5) is 18.1. The summed E-state index contributed by atoms with van der Waals surface area (Å²) in [6, 6.07) is 13.1. The molecule has 2 aromatic carbocycles. The molecular formula is C19H17F3N2OS. The predicted molar refractivity (Wildman–Crippen MR) is 95.9 cm³/mol. The van der Waals surface area contributed by atoms with E-state index in [-0.39, 0.29) is 24.4 Å². The Hall–Kier alpha value is -2.41. The van der Waals surface area contributed by atoms with Gasteiger partial charge in [-0.05, 0) is 23.8 Å². The van der Waals surface area contributed by atoms with E-state index in [1.807, 2.05) is 24.3 Å². The van der Waals surface area contributed by atoms with Gasteiger partial charge >= 0.3 is 6.18 Å². The molecule has 0 spiro atoms. The maximum absolute atomic E-state index is 13.1. The number of nitrogens with zero attached hydrogens (tertiary/aromatic N) is 2. The zero-order valence-electron chi connectivity index (χ0n) is 14.1. The zero-order chi connectivity index (χ0) is 18.7. The molecule has 0 aliphatic rings. The molecule has 1 amide bonds. The van der Waals surface area contributed by atoms with Gasteiger partial charge in [0.25, 0.3) is 0 Å². The third-order valence-corrected chi connectivity index (χ3v) is 5.14. The van der Waals surface area contributed by atoms with Crippen LogP contribution in [0.5, 0.6) is 0 Å². The third kappa shape index (κ3) is 4.22. The van der Waals surface area contributed by atoms with Crippen LogP contribution in [0, 0.1) is 0 Å². The van der Waals surface area contributed by atoms with Crippen molar-refractivity contribution >= 4 is 27.5 Å². The largest absolute Gasteiger partial charge is 0.416 e. The van der Waals surface area contributed by atoms with Gasteiger partial charge in [0, 0.05) is 26.4 Å². The molecule has 0 N–H and O–H groups in total. The molecule has 136 valence electrons. The summed E-state index contributed by atoms with van der Waals surface area (Å²) in [5, 5.41) is 0.851. The second-order valence-electron chi connectivity index (χ2n) is 5.98. The number of alkyl halides is 3. The van der Waals surface area contributed by atoms with E-state index in [1.54, 1.807) is 6.07 Å². The number of aromatic nitrogens is 1. The van der Waals surface area contributed by atoms with Gasteiger partial charge in [-0.15, -0.1) is 11.3 Å². The van der Waals surface area contributed by atoms with Crippen LogP contribution in [0.15, 0.2) is 48.5 Å². The van der Waals surface area contributed by atoms with Crippen molar-refractivity contribution in [2.75, 3.05) is 7.05 Å². The lowest BCUT2D eigenvalue weighted by Gasteiger charge is -2.20. The molecule has 0 aliphatic heterocycles. The maximum Gasteiger partial charge on any atom is 0.416 e. The molecule has 0 aliphatic carbocycles. The molecule has 0 radical (unpaired) electrons. The fourth-order valence-corrected chi connectivity index (χ4v) is 3.68. The molecule has 7 heteroatoms. The van der Waals surface area contributed by atoms with Gasteiger partial charge in [0.1, 0.15) is 0 Å². The highest BCUT2D eigenvalue weighted by atomic mass is 32.1. The molecule has 1 aromatic heterocycles. The Labute approximate surface area is 153 Å². The van der Waals surface area contributed by atoms with Crippen LogP contribution in [-0.2, 0) is 23.9 Å². The third-order valence-electron chi connectivity index (χ3n) is 4.05. The number of para-hydroxylation sites is 1. The minimum Gasteiger partial charge on any atom is -0.341 e. The van der Waals surface area contributed by atoms with Crippen molar-refractivity contribution in [3.8, 4) is 0 Å². The standard InChI is InChI=1S/C19H17F3N2OS/c1-24(12-13-6-2-3-7-14(13)19(20,21)22)18(25)11-10-17-23-15-8-4-5-9-16(15)26-17/h2-9H,10-12H2,1H3. The average molecular weight is 378 g/mol. The summed E-state index contributed by atoms with van der Waals surface area (Å²) in [6.45, 7) is -0.0750. The van der Waals surface area contributed by atoms with Gasteiger partial charge < -0.3 is 4.90 Å². The number of halogens is 3. The van der Waals surface area contributed by atoms with E-state index < -0.39 is 11.7 Å². The van der Waals surface area contributed by atoms with Crippen LogP contribution in [0.3, 0.4) is 0 Å². The Kier molecular flexibility index (Phi) is 5.27. The SMILES string of the molecule is CN(Cc1ccccc1C(F)(F)F)C(=O)CCc1nc2ccccc2s1. The van der Waals surface area contributed by atoms with Gasteiger partial charge in [0.2, 0.25) is 5.91 Å². The van der Waals surface area contributed by atoms with Crippen molar-refractivity contribution in [1.82, 2.24) is 9.88 Å². The number of aryl methyl sites for hydroxylation is 1. The number of hydrogen-bond acceptors (Lipinski definition) is 3. The first-order valence-corrected chi connectivity index (χ1v) is 8.90. The summed E-state index contributed by atoms with van der Waals surface area (Å²) in [5.41, 5.74) is 0.286. The van der Waals surface area contributed by atoms with Crippen LogP contribution < -0.4 is 0 Å². The van der Waals surface area contributed by atoms with Crippen LogP contribution in [0.25, 0.3) is 10.2 Å². The van der Waals surface area contributed by atoms with E-state index in [2.05, 4.69) is 4.98 Å². The zero-order valence-corrected chi connectivity index (χ0v) is 14.9. The van der Waals surface area contributed by atoms with Crippen molar-refractivity contribution in [3.05, 3.63) is 64.7 Å². The Morgan fingerprint density at radius 2 is 1.81 bits per heavy atom. The maximum atomic E-state index is 13.1. The fraction of sp³-hybridized carbons (Fsp3) is 0.263. The highest BCUT2D eigenvalue weighted by molar-refractivity contribution is 7.18. The molecule has 3 rings (SSSR count). The summed E-state index contributed by atoms with van der Waals surface area (Å²) in [5.74, 6) is -0.207. The molecule has 0 saturated heterocycles. The molecule has 0 bridgehead atoms. The lowest BCUT2D eigenvalue weighted by atomic mass is 10.1. The number of hydrogen-bond donors (Lipinski definition) is 0. The minimum atomic E-state index is -4.43. The number of rotatable bonds is 5. The van der Waals surface area contributed by atoms with E-state index >= 15 is 0 Å². The minimum absolute atomic E-state index is 0.0750. The molecule has 0 unspecified atom stereocenters. The van der Waals surface area contributed by atoms with Crippen LogP contribution in [0.1, 0.15) is 22.6 Å². The lowest BCUT2D eigenvalue weighted by Crippen LogP contribution is -2.27. The van der Waals surface area contributed by atoms with E-state index in [0.717, 1.165) is 21.3 Å². The number of fused-ring (bicyclic) bond motifs is 1. The molecule has 0 atom stereocenters. The van der Waals surface area contributed by atoms with Crippen molar-refractivity contribution in [1.29, 1.82) is 0 Å². The van der Waals surface area contributed by atoms with Crippen molar-refractivity contribution in [2.24, 2.45) is 0 Å². The van der Waals surface area contributed by atoms with Crippen molar-refractivity contribution in [3.63, 3.8) is 0 Å². The number of carbonyl (C=O) groups excluding carboxylic acids is 1. The van der Waals surface area contributed by atoms with Crippen LogP contribution in [0.2, 0.25) is 0 Å². The van der Waals surface area contributed by atoms with Crippen molar-refractivity contribution < 1.29 is 18.0 Å². The van der Waals surface area contributed by atoms with Crippen LogP contribution >= 0.6 is 11.3 Å². The summed E-state index contributed by atoms with van der Waals surface area (Å²) in [6.07, 6.45) is -3.74. The number of thiazole rings is 1. The van der Waals surface area contributed by atoms with E-state index in [9.17, 15) is 18.0 Å². The van der Waals surface area contributed by atoms with E-state index in [0.29, 0.717) is 6.42 Å². The Bertz CT molecular complexity index is 887. The summed E-state index contributed by atoms with van der Waals surface area (Å²) < 4.78 is 40.2. The van der Waals surface area contributed by atoms with Gasteiger partial charge in [-0.1, -0.05) is 30.3 Å². The fourth-order valence-electron chi connectivity index (χ4n) is 2.71. The molecule has 26 heavy (non-hydrogen) atoms. The average Bonchev–Trinajstić information content (AvgIpc) is 3.02. The molecule has 0 fully saturated rings. The van der Waals surface area contributed by atoms with Gasteiger partial charge in [-0.3, -0.25) is 4.79 Å². The van der Waals surface area contributed by atoms with Crippen LogP contribution in [-0.4, -0.2) is 22.8 Å².